The van der Waals surface area contributed by atoms with Gasteiger partial charge in [0.05, 0.1) is 6.04 Å². The summed E-state index contributed by atoms with van der Waals surface area (Å²) in [7, 11) is 0. The highest BCUT2D eigenvalue weighted by molar-refractivity contribution is 5.77. The lowest BCUT2D eigenvalue weighted by Gasteiger charge is -2.31. The third kappa shape index (κ3) is 4.70. The molecule has 1 amide bonds. The van der Waals surface area contributed by atoms with Crippen molar-refractivity contribution in [3.63, 3.8) is 0 Å². The van der Waals surface area contributed by atoms with E-state index in [1.165, 1.54) is 5.56 Å². The van der Waals surface area contributed by atoms with E-state index in [-0.39, 0.29) is 11.9 Å². The van der Waals surface area contributed by atoms with E-state index in [0.29, 0.717) is 12.3 Å². The average Bonchev–Trinajstić information content (AvgIpc) is 2.68. The number of piperidine rings is 1. The fourth-order valence-electron chi connectivity index (χ4n) is 3.80. The Morgan fingerprint density at radius 3 is 2.54 bits per heavy atom. The summed E-state index contributed by atoms with van der Waals surface area (Å²) in [4.78, 5) is 19.4. The zero-order valence-electron chi connectivity index (χ0n) is 15.8. The largest absolute Gasteiger partial charge is 0.345 e. The van der Waals surface area contributed by atoms with Crippen LogP contribution in [-0.2, 0) is 4.79 Å². The van der Waals surface area contributed by atoms with Gasteiger partial charge < -0.3 is 10.2 Å². The topological polar surface area (TPSA) is 45.2 Å². The molecule has 0 saturated carbocycles. The Bertz CT molecular complexity index is 708. The lowest BCUT2D eigenvalue weighted by Crippen LogP contribution is -2.36. The summed E-state index contributed by atoms with van der Waals surface area (Å²) in [6.45, 7) is 7.63. The van der Waals surface area contributed by atoms with Gasteiger partial charge in [0.25, 0.3) is 0 Å². The Hall–Kier alpha value is -2.20. The zero-order valence-corrected chi connectivity index (χ0v) is 15.8. The zero-order chi connectivity index (χ0) is 18.4. The minimum Gasteiger partial charge on any atom is -0.345 e. The first-order chi connectivity index (χ1) is 12.7. The molecule has 1 unspecified atom stereocenters. The molecule has 26 heavy (non-hydrogen) atoms. The second kappa shape index (κ2) is 8.95. The van der Waals surface area contributed by atoms with Crippen LogP contribution in [0.3, 0.4) is 0 Å². The third-order valence-corrected chi connectivity index (χ3v) is 5.47. The molecule has 2 heterocycles. The Kier molecular flexibility index (Phi) is 6.40. The fraction of sp³-hybridized carbons (Fsp3) is 0.455. The number of carbonyl (C=O) groups is 1. The van der Waals surface area contributed by atoms with Crippen LogP contribution < -0.4 is 5.32 Å². The highest BCUT2D eigenvalue weighted by Gasteiger charge is 2.23. The van der Waals surface area contributed by atoms with Crippen molar-refractivity contribution in [1.82, 2.24) is 15.2 Å². The predicted octanol–water partition coefficient (Wildman–Crippen LogP) is 3.72. The molecule has 1 aromatic heterocycles. The smallest absolute Gasteiger partial charge is 0.221 e. The average molecular weight is 351 g/mol. The van der Waals surface area contributed by atoms with Crippen molar-refractivity contribution >= 4 is 5.91 Å². The molecule has 138 valence electrons. The van der Waals surface area contributed by atoms with Gasteiger partial charge in [-0.2, -0.15) is 0 Å². The van der Waals surface area contributed by atoms with Gasteiger partial charge in [-0.3, -0.25) is 9.78 Å². The molecule has 2 aromatic rings. The molecule has 1 fully saturated rings. The summed E-state index contributed by atoms with van der Waals surface area (Å²) < 4.78 is 0. The van der Waals surface area contributed by atoms with Gasteiger partial charge in [-0.05, 0) is 74.1 Å². The van der Waals surface area contributed by atoms with E-state index in [0.717, 1.165) is 43.6 Å². The van der Waals surface area contributed by atoms with E-state index in [9.17, 15) is 4.79 Å². The number of aromatic nitrogens is 1. The van der Waals surface area contributed by atoms with Crippen molar-refractivity contribution in [1.29, 1.82) is 0 Å². The maximum atomic E-state index is 12.8. The fourth-order valence-corrected chi connectivity index (χ4v) is 3.80. The molecule has 1 aliphatic heterocycles. The first-order valence-electron chi connectivity index (χ1n) is 9.64. The van der Waals surface area contributed by atoms with Gasteiger partial charge in [-0.1, -0.05) is 31.2 Å². The van der Waals surface area contributed by atoms with Crippen LogP contribution in [0.25, 0.3) is 0 Å². The number of carbonyl (C=O) groups excluding carboxylic acids is 1. The third-order valence-electron chi connectivity index (χ3n) is 5.47. The molecule has 4 nitrogen and oxygen atoms in total. The van der Waals surface area contributed by atoms with E-state index in [1.54, 1.807) is 12.4 Å². The summed E-state index contributed by atoms with van der Waals surface area (Å²) in [5.41, 5.74) is 3.40. The van der Waals surface area contributed by atoms with E-state index < -0.39 is 0 Å². The Balaban J connectivity index is 1.70. The Morgan fingerprint density at radius 1 is 1.19 bits per heavy atom. The molecule has 1 N–H and O–H groups in total. The first-order valence-corrected chi connectivity index (χ1v) is 9.64. The minimum atomic E-state index is -0.123. The molecular formula is C22H29N3O. The highest BCUT2D eigenvalue weighted by atomic mass is 16.1. The van der Waals surface area contributed by atoms with Crippen molar-refractivity contribution in [2.75, 3.05) is 19.6 Å². The molecule has 0 radical (unpaired) electrons. The quantitative estimate of drug-likeness (QED) is 0.863. The van der Waals surface area contributed by atoms with Gasteiger partial charge in [0.1, 0.15) is 0 Å². The van der Waals surface area contributed by atoms with Crippen molar-refractivity contribution in [2.24, 2.45) is 5.92 Å². The van der Waals surface area contributed by atoms with Gasteiger partial charge in [-0.15, -0.1) is 0 Å². The molecule has 0 aliphatic carbocycles. The number of nitrogens with one attached hydrogen (secondary N) is 1. The molecular weight excluding hydrogens is 322 g/mol. The van der Waals surface area contributed by atoms with E-state index >= 15 is 0 Å². The van der Waals surface area contributed by atoms with Crippen LogP contribution in [0.15, 0.2) is 48.8 Å². The number of amides is 1. The predicted molar refractivity (Wildman–Crippen MR) is 105 cm³/mol. The molecule has 1 aromatic carbocycles. The number of benzene rings is 1. The van der Waals surface area contributed by atoms with E-state index in [2.05, 4.69) is 41.2 Å². The van der Waals surface area contributed by atoms with Crippen molar-refractivity contribution < 1.29 is 4.79 Å². The second-order valence-corrected chi connectivity index (χ2v) is 7.22. The molecule has 1 saturated heterocycles. The summed E-state index contributed by atoms with van der Waals surface area (Å²) in [6.07, 6.45) is 6.42. The highest BCUT2D eigenvalue weighted by Crippen LogP contribution is 2.26. The summed E-state index contributed by atoms with van der Waals surface area (Å²) >= 11 is 0. The summed E-state index contributed by atoms with van der Waals surface area (Å²) in [6, 6.07) is 12.1. The number of pyridine rings is 1. The number of nitrogens with zero attached hydrogens (tertiary/aromatic N) is 2. The lowest BCUT2D eigenvalue weighted by molar-refractivity contribution is -0.122. The van der Waals surface area contributed by atoms with Crippen LogP contribution >= 0.6 is 0 Å². The van der Waals surface area contributed by atoms with Crippen LogP contribution in [0.5, 0.6) is 0 Å². The van der Waals surface area contributed by atoms with Crippen LogP contribution in [0.4, 0.5) is 0 Å². The molecule has 1 atom stereocenters. The van der Waals surface area contributed by atoms with Crippen molar-refractivity contribution in [2.45, 2.75) is 39.2 Å². The summed E-state index contributed by atoms with van der Waals surface area (Å²) in [5.74, 6) is 0.637. The summed E-state index contributed by atoms with van der Waals surface area (Å²) in [5, 5.41) is 3.28. The van der Waals surface area contributed by atoms with Crippen LogP contribution in [-0.4, -0.2) is 35.4 Å². The normalized spacial score (nSPS) is 17.0. The number of aryl methyl sites for hydroxylation is 1. The molecule has 4 heteroatoms. The van der Waals surface area contributed by atoms with Crippen LogP contribution in [0.1, 0.15) is 48.9 Å². The Labute approximate surface area is 156 Å². The molecule has 1 aliphatic rings. The van der Waals surface area contributed by atoms with E-state index in [4.69, 9.17) is 0 Å². The number of rotatable bonds is 6. The molecule has 0 spiro atoms. The van der Waals surface area contributed by atoms with Gasteiger partial charge in [0.15, 0.2) is 0 Å². The van der Waals surface area contributed by atoms with Crippen LogP contribution in [0, 0.1) is 12.8 Å². The Morgan fingerprint density at radius 2 is 1.88 bits per heavy atom. The van der Waals surface area contributed by atoms with Gasteiger partial charge in [-0.25, -0.2) is 0 Å². The maximum Gasteiger partial charge on any atom is 0.221 e. The van der Waals surface area contributed by atoms with Crippen molar-refractivity contribution in [3.05, 3.63) is 65.5 Å². The van der Waals surface area contributed by atoms with Crippen molar-refractivity contribution in [3.8, 4) is 0 Å². The second-order valence-electron chi connectivity index (χ2n) is 7.22. The molecule has 3 rings (SSSR count). The lowest BCUT2D eigenvalue weighted by atomic mass is 9.92. The maximum absolute atomic E-state index is 12.8. The first kappa shape index (κ1) is 18.6. The monoisotopic (exact) mass is 351 g/mol. The van der Waals surface area contributed by atoms with Gasteiger partial charge in [0.2, 0.25) is 5.91 Å². The van der Waals surface area contributed by atoms with Crippen LogP contribution in [0.2, 0.25) is 0 Å². The molecule has 0 bridgehead atoms. The number of hydrogen-bond donors (Lipinski definition) is 1. The number of hydrogen-bond acceptors (Lipinski definition) is 3. The van der Waals surface area contributed by atoms with Gasteiger partial charge >= 0.3 is 0 Å². The standard InChI is InChI=1S/C22H29N3O/c1-3-25-14-10-18(11-15-25)16-21(26)24-22(19-8-12-23-13-9-19)20-7-5-4-6-17(20)2/h4-9,12-13,18,22H,3,10-11,14-16H2,1-2H3,(H,24,26). The SMILES string of the molecule is CCN1CCC(CC(=O)NC(c2ccncc2)c2ccccc2C)CC1. The van der Waals surface area contributed by atoms with E-state index in [1.807, 2.05) is 24.3 Å². The van der Waals surface area contributed by atoms with Gasteiger partial charge in [0, 0.05) is 18.8 Å². The number of likely N-dealkylation sites (tertiary alicyclic amines) is 1. The minimum absolute atomic E-state index is 0.123.